The second-order valence-electron chi connectivity index (χ2n) is 6.02. The van der Waals surface area contributed by atoms with E-state index in [9.17, 15) is 13.2 Å². The highest BCUT2D eigenvalue weighted by molar-refractivity contribution is 7.15. The average molecular weight is 412 g/mol. The molecule has 0 bridgehead atoms. The van der Waals surface area contributed by atoms with Crippen LogP contribution in [-0.2, 0) is 6.18 Å². The topological polar surface area (TPSA) is 22.1 Å². The fraction of sp³-hybridized carbons (Fsp3) is 0.250. The van der Waals surface area contributed by atoms with Gasteiger partial charge in [0.2, 0.25) is 0 Å². The lowest BCUT2D eigenvalue weighted by molar-refractivity contribution is -0.137. The molecule has 1 atom stereocenters. The Labute approximate surface area is 164 Å². The van der Waals surface area contributed by atoms with E-state index in [2.05, 4.69) is 4.98 Å². The van der Waals surface area contributed by atoms with Crippen LogP contribution in [-0.4, -0.2) is 4.98 Å². The van der Waals surface area contributed by atoms with Crippen molar-refractivity contribution in [1.82, 2.24) is 4.98 Å². The second kappa shape index (κ2) is 7.90. The molecule has 0 aliphatic rings. The number of hydrogen-bond acceptors (Lipinski definition) is 3. The minimum atomic E-state index is -4.35. The van der Waals surface area contributed by atoms with Gasteiger partial charge in [0.25, 0.3) is 0 Å². The van der Waals surface area contributed by atoms with Crippen molar-refractivity contribution in [3.63, 3.8) is 0 Å². The predicted octanol–water partition coefficient (Wildman–Crippen LogP) is 7.32. The molecule has 1 heterocycles. The first-order chi connectivity index (χ1) is 12.8. The van der Waals surface area contributed by atoms with E-state index in [1.807, 2.05) is 26.0 Å². The molecule has 142 valence electrons. The molecule has 0 saturated carbocycles. The molecule has 1 aromatic heterocycles. The van der Waals surface area contributed by atoms with Gasteiger partial charge in [-0.05, 0) is 43.7 Å². The quantitative estimate of drug-likeness (QED) is 0.438. The SMILES string of the molecule is CCC(Oc1cccc(Cl)c1)c1sc(-c2ccc(C(F)(F)F)cc2)nc1C. The molecule has 0 aliphatic carbocycles. The van der Waals surface area contributed by atoms with Gasteiger partial charge in [-0.3, -0.25) is 0 Å². The lowest BCUT2D eigenvalue weighted by Gasteiger charge is -2.17. The van der Waals surface area contributed by atoms with Crippen LogP contribution >= 0.6 is 22.9 Å². The van der Waals surface area contributed by atoms with Gasteiger partial charge in [0, 0.05) is 10.6 Å². The molecule has 7 heteroatoms. The number of hydrogen-bond donors (Lipinski definition) is 0. The van der Waals surface area contributed by atoms with E-state index in [0.29, 0.717) is 21.3 Å². The van der Waals surface area contributed by atoms with Crippen LogP contribution in [0.3, 0.4) is 0 Å². The summed E-state index contributed by atoms with van der Waals surface area (Å²) in [4.78, 5) is 5.48. The van der Waals surface area contributed by atoms with Crippen molar-refractivity contribution in [2.45, 2.75) is 32.5 Å². The van der Waals surface area contributed by atoms with Gasteiger partial charge < -0.3 is 4.74 Å². The summed E-state index contributed by atoms with van der Waals surface area (Å²) < 4.78 is 44.3. The van der Waals surface area contributed by atoms with Crippen LogP contribution in [0.1, 0.15) is 35.6 Å². The summed E-state index contributed by atoms with van der Waals surface area (Å²) in [7, 11) is 0. The standard InChI is InChI=1S/C20H17ClF3NOS/c1-3-17(26-16-6-4-5-15(21)11-16)18-12(2)25-19(27-18)13-7-9-14(10-8-13)20(22,23)24/h4-11,17H,3H2,1-2H3. The third-order valence-corrected chi connectivity index (χ3v) is 5.56. The number of halogens is 4. The molecule has 0 fully saturated rings. The number of thiazole rings is 1. The number of nitrogens with zero attached hydrogens (tertiary/aromatic N) is 1. The van der Waals surface area contributed by atoms with E-state index in [-0.39, 0.29) is 6.10 Å². The molecule has 1 unspecified atom stereocenters. The monoisotopic (exact) mass is 411 g/mol. The van der Waals surface area contributed by atoms with Crippen LogP contribution in [0.2, 0.25) is 5.02 Å². The number of ether oxygens (including phenoxy) is 1. The Bertz CT molecular complexity index is 922. The Morgan fingerprint density at radius 2 is 1.85 bits per heavy atom. The number of benzene rings is 2. The van der Waals surface area contributed by atoms with Crippen LogP contribution in [0, 0.1) is 6.92 Å². The largest absolute Gasteiger partial charge is 0.485 e. The smallest absolute Gasteiger partial charge is 0.416 e. The van der Waals surface area contributed by atoms with Gasteiger partial charge in [0.15, 0.2) is 0 Å². The van der Waals surface area contributed by atoms with E-state index < -0.39 is 11.7 Å². The average Bonchev–Trinajstić information content (AvgIpc) is 3.01. The molecule has 3 rings (SSSR count). The van der Waals surface area contributed by atoms with Crippen LogP contribution in [0.15, 0.2) is 48.5 Å². The summed E-state index contributed by atoms with van der Waals surface area (Å²) in [5, 5.41) is 1.26. The molecule has 2 nitrogen and oxygen atoms in total. The minimum Gasteiger partial charge on any atom is -0.485 e. The summed E-state index contributed by atoms with van der Waals surface area (Å²) in [5.41, 5.74) is 0.791. The van der Waals surface area contributed by atoms with Crippen molar-refractivity contribution < 1.29 is 17.9 Å². The van der Waals surface area contributed by atoms with Gasteiger partial charge in [-0.1, -0.05) is 36.7 Å². The van der Waals surface area contributed by atoms with Crippen molar-refractivity contribution in [1.29, 1.82) is 0 Å². The Morgan fingerprint density at radius 3 is 2.44 bits per heavy atom. The molecular weight excluding hydrogens is 395 g/mol. The maximum atomic E-state index is 12.7. The lowest BCUT2D eigenvalue weighted by Crippen LogP contribution is -2.06. The van der Waals surface area contributed by atoms with E-state index in [4.69, 9.17) is 16.3 Å². The summed E-state index contributed by atoms with van der Waals surface area (Å²) in [5.74, 6) is 0.665. The van der Waals surface area contributed by atoms with Crippen LogP contribution in [0.25, 0.3) is 10.6 Å². The van der Waals surface area contributed by atoms with E-state index in [1.165, 1.54) is 23.5 Å². The van der Waals surface area contributed by atoms with Crippen molar-refractivity contribution in [2.24, 2.45) is 0 Å². The molecule has 3 aromatic rings. The number of rotatable bonds is 5. The molecule has 0 N–H and O–H groups in total. The number of aromatic nitrogens is 1. The Balaban J connectivity index is 1.86. The maximum Gasteiger partial charge on any atom is 0.416 e. The summed E-state index contributed by atoms with van der Waals surface area (Å²) in [6.07, 6.45) is -3.83. The molecule has 0 aliphatic heterocycles. The first-order valence-corrected chi connectivity index (χ1v) is 9.54. The van der Waals surface area contributed by atoms with Gasteiger partial charge in [0.1, 0.15) is 16.9 Å². The molecule has 27 heavy (non-hydrogen) atoms. The maximum absolute atomic E-state index is 12.7. The van der Waals surface area contributed by atoms with Crippen molar-refractivity contribution in [3.05, 3.63) is 69.7 Å². The predicted molar refractivity (Wildman–Crippen MR) is 102 cm³/mol. The Morgan fingerprint density at radius 1 is 1.15 bits per heavy atom. The molecule has 0 spiro atoms. The summed E-state index contributed by atoms with van der Waals surface area (Å²) in [6.45, 7) is 3.88. The van der Waals surface area contributed by atoms with Gasteiger partial charge in [0.05, 0.1) is 16.1 Å². The molecule has 0 radical (unpaired) electrons. The lowest BCUT2D eigenvalue weighted by atomic mass is 10.1. The molecule has 0 saturated heterocycles. The first kappa shape index (κ1) is 19.7. The fourth-order valence-corrected chi connectivity index (χ4v) is 4.02. The van der Waals surface area contributed by atoms with Crippen molar-refractivity contribution in [2.75, 3.05) is 0 Å². The van der Waals surface area contributed by atoms with Crippen LogP contribution in [0.4, 0.5) is 13.2 Å². The van der Waals surface area contributed by atoms with Gasteiger partial charge >= 0.3 is 6.18 Å². The fourth-order valence-electron chi connectivity index (χ4n) is 2.66. The van der Waals surface area contributed by atoms with Gasteiger partial charge in [-0.15, -0.1) is 11.3 Å². The van der Waals surface area contributed by atoms with Gasteiger partial charge in [-0.25, -0.2) is 4.98 Å². The zero-order valence-corrected chi connectivity index (χ0v) is 16.3. The zero-order chi connectivity index (χ0) is 19.6. The van der Waals surface area contributed by atoms with Crippen LogP contribution < -0.4 is 4.74 Å². The number of aryl methyl sites for hydroxylation is 1. The highest BCUT2D eigenvalue weighted by Crippen LogP contribution is 2.37. The van der Waals surface area contributed by atoms with Crippen LogP contribution in [0.5, 0.6) is 5.75 Å². The highest BCUT2D eigenvalue weighted by Gasteiger charge is 2.30. The van der Waals surface area contributed by atoms with E-state index >= 15 is 0 Å². The normalized spacial score (nSPS) is 12.8. The Hall–Kier alpha value is -2.05. The minimum absolute atomic E-state index is 0.204. The van der Waals surface area contributed by atoms with E-state index in [0.717, 1.165) is 29.1 Å². The molecule has 0 amide bonds. The highest BCUT2D eigenvalue weighted by atomic mass is 35.5. The number of alkyl halides is 3. The second-order valence-corrected chi connectivity index (χ2v) is 7.48. The van der Waals surface area contributed by atoms with Crippen molar-refractivity contribution in [3.8, 4) is 16.3 Å². The molecular formula is C20H17ClF3NOS. The van der Waals surface area contributed by atoms with Crippen molar-refractivity contribution >= 4 is 22.9 Å². The zero-order valence-electron chi connectivity index (χ0n) is 14.7. The molecule has 2 aromatic carbocycles. The third-order valence-electron chi connectivity index (χ3n) is 4.03. The summed E-state index contributed by atoms with van der Waals surface area (Å²) >= 11 is 7.44. The summed E-state index contributed by atoms with van der Waals surface area (Å²) in [6, 6.07) is 12.2. The van der Waals surface area contributed by atoms with E-state index in [1.54, 1.807) is 12.1 Å². The Kier molecular flexibility index (Phi) is 5.77. The third kappa shape index (κ3) is 4.62. The first-order valence-electron chi connectivity index (χ1n) is 8.35. The van der Waals surface area contributed by atoms with Gasteiger partial charge in [-0.2, -0.15) is 13.2 Å².